The quantitative estimate of drug-likeness (QED) is 0.331. The van der Waals surface area contributed by atoms with Gasteiger partial charge in [-0.3, -0.25) is 14.4 Å². The topological polar surface area (TPSA) is 158 Å². The minimum absolute atomic E-state index is 0.0622. The number of phenolic OH excluding ortho intramolecular Hbond substituents is 1. The number of carbonyl (C=O) groups is 4. The summed E-state index contributed by atoms with van der Waals surface area (Å²) in [6.07, 6.45) is 0.717. The molecule has 0 radical (unpaired) electrons. The fourth-order valence-corrected chi connectivity index (χ4v) is 5.18. The van der Waals surface area contributed by atoms with Gasteiger partial charge in [-0.1, -0.05) is 0 Å². The van der Waals surface area contributed by atoms with E-state index in [2.05, 4.69) is 10.1 Å². The molecule has 0 aliphatic carbocycles. The number of benzene rings is 2. The van der Waals surface area contributed by atoms with Gasteiger partial charge in [0.1, 0.15) is 28.4 Å². The number of anilines is 2. The van der Waals surface area contributed by atoms with Gasteiger partial charge in [0, 0.05) is 63.0 Å². The number of ether oxygens (including phenoxy) is 1. The lowest BCUT2D eigenvalue weighted by Crippen LogP contribution is -2.54. The highest BCUT2D eigenvalue weighted by Crippen LogP contribution is 2.32. The molecule has 0 bridgehead atoms. The third-order valence-electron chi connectivity index (χ3n) is 7.32. The number of aromatic carboxylic acids is 1. The normalized spacial score (nSPS) is 15.0. The maximum atomic E-state index is 15.8. The maximum Gasteiger partial charge on any atom is 0.341 e. The smallest absolute Gasteiger partial charge is 0.341 e. The van der Waals surface area contributed by atoms with Crippen molar-refractivity contribution in [2.75, 3.05) is 37.0 Å². The third-order valence-corrected chi connectivity index (χ3v) is 7.32. The molecular weight excluding hydrogens is 570 g/mol. The van der Waals surface area contributed by atoms with Crippen LogP contribution < -0.4 is 15.6 Å². The van der Waals surface area contributed by atoms with Crippen LogP contribution in [0.1, 0.15) is 47.4 Å². The van der Waals surface area contributed by atoms with E-state index in [1.54, 1.807) is 13.8 Å². The fourth-order valence-electron chi connectivity index (χ4n) is 5.18. The summed E-state index contributed by atoms with van der Waals surface area (Å²) in [5, 5.41) is 21.5. The van der Waals surface area contributed by atoms with E-state index in [0.29, 0.717) is 0 Å². The Bertz CT molecular complexity index is 1690. The van der Waals surface area contributed by atoms with Crippen molar-refractivity contribution in [3.63, 3.8) is 0 Å². The Kier molecular flexibility index (Phi) is 8.97. The second-order valence-electron chi connectivity index (χ2n) is 10.0. The van der Waals surface area contributed by atoms with Crippen LogP contribution in [0.2, 0.25) is 0 Å². The monoisotopic (exact) mass is 600 g/mol. The van der Waals surface area contributed by atoms with E-state index in [1.165, 1.54) is 39.7 Å². The predicted molar refractivity (Wildman–Crippen MR) is 151 cm³/mol. The zero-order valence-corrected chi connectivity index (χ0v) is 23.6. The van der Waals surface area contributed by atoms with Gasteiger partial charge in [-0.05, 0) is 32.0 Å². The zero-order valence-electron chi connectivity index (χ0n) is 23.6. The van der Waals surface area contributed by atoms with Crippen molar-refractivity contribution in [2.45, 2.75) is 39.3 Å². The number of aromatic hydroxyl groups is 1. The van der Waals surface area contributed by atoms with E-state index in [-0.39, 0.29) is 78.5 Å². The first-order chi connectivity index (χ1) is 20.4. The summed E-state index contributed by atoms with van der Waals surface area (Å²) in [6.45, 7) is 3.71. The van der Waals surface area contributed by atoms with Crippen molar-refractivity contribution in [3.8, 4) is 5.75 Å². The first-order valence-corrected chi connectivity index (χ1v) is 13.4. The van der Waals surface area contributed by atoms with Crippen molar-refractivity contribution in [1.82, 2.24) is 9.47 Å². The van der Waals surface area contributed by atoms with Gasteiger partial charge in [0.2, 0.25) is 17.2 Å². The number of pyridine rings is 1. The third kappa shape index (κ3) is 6.12. The minimum atomic E-state index is -1.50. The Morgan fingerprint density at radius 1 is 1.09 bits per heavy atom. The number of carboxylic acid groups (broad SMARTS) is 1. The number of esters is 1. The van der Waals surface area contributed by atoms with Gasteiger partial charge in [0.05, 0.1) is 18.0 Å². The largest absolute Gasteiger partial charge is 0.507 e. The van der Waals surface area contributed by atoms with E-state index in [9.17, 15) is 34.2 Å². The lowest BCUT2D eigenvalue weighted by Gasteiger charge is -2.41. The predicted octanol–water partition coefficient (Wildman–Crippen LogP) is 2.95. The molecular formula is C29H30F2N4O8. The number of nitrogens with zero attached hydrogens (tertiary/aromatic N) is 3. The summed E-state index contributed by atoms with van der Waals surface area (Å²) in [6, 6.07) is 4.24. The Labute approximate surface area is 244 Å². The molecule has 1 saturated heterocycles. The van der Waals surface area contributed by atoms with Crippen LogP contribution >= 0.6 is 0 Å². The number of hydrogen-bond acceptors (Lipinski definition) is 8. The first kappa shape index (κ1) is 30.9. The van der Waals surface area contributed by atoms with Crippen LogP contribution in [-0.4, -0.2) is 76.2 Å². The summed E-state index contributed by atoms with van der Waals surface area (Å²) < 4.78 is 36.9. The molecule has 1 aromatic heterocycles. The van der Waals surface area contributed by atoms with Crippen molar-refractivity contribution in [1.29, 1.82) is 0 Å². The number of amides is 2. The second kappa shape index (κ2) is 12.5. The average Bonchev–Trinajstić information content (AvgIpc) is 2.96. The molecule has 1 aliphatic heterocycles. The van der Waals surface area contributed by atoms with Gasteiger partial charge < -0.3 is 34.6 Å². The van der Waals surface area contributed by atoms with Crippen molar-refractivity contribution >= 4 is 46.0 Å². The SMILES string of the molecule is CCn1cc(C(=O)O)c(=O)c2cc(F)c(N3CCN(C(=O)CCC(=O)Nc4ccc(C(=O)OC)c(O)c4)C(C)C3)c(F)c21. The van der Waals surface area contributed by atoms with Gasteiger partial charge in [0.15, 0.2) is 5.82 Å². The van der Waals surface area contributed by atoms with Gasteiger partial charge in [-0.2, -0.15) is 0 Å². The van der Waals surface area contributed by atoms with Gasteiger partial charge in [0.25, 0.3) is 0 Å². The molecule has 2 amide bonds. The molecule has 1 fully saturated rings. The first-order valence-electron chi connectivity index (χ1n) is 13.4. The van der Waals surface area contributed by atoms with Crippen LogP contribution in [0.3, 0.4) is 0 Å². The lowest BCUT2D eigenvalue weighted by atomic mass is 10.1. The molecule has 1 atom stereocenters. The van der Waals surface area contributed by atoms with Crippen molar-refractivity contribution in [3.05, 3.63) is 63.4 Å². The fraction of sp³-hybridized carbons (Fsp3) is 0.345. The number of methoxy groups -OCH3 is 1. The highest BCUT2D eigenvalue weighted by molar-refractivity contribution is 5.96. The number of halogens is 2. The molecule has 14 heteroatoms. The number of carbonyl (C=O) groups excluding carboxylic acids is 3. The number of piperazine rings is 1. The van der Waals surface area contributed by atoms with Gasteiger partial charge in [-0.25, -0.2) is 18.4 Å². The molecule has 0 saturated carbocycles. The summed E-state index contributed by atoms with van der Waals surface area (Å²) in [5.41, 5.74) is -2.02. The molecule has 1 aliphatic rings. The summed E-state index contributed by atoms with van der Waals surface area (Å²) in [4.78, 5) is 64.0. The number of nitrogens with one attached hydrogen (secondary N) is 1. The number of carboxylic acids is 1. The Morgan fingerprint density at radius 3 is 2.42 bits per heavy atom. The number of fused-ring (bicyclic) bond motifs is 1. The van der Waals surface area contributed by atoms with Crippen molar-refractivity contribution < 1.29 is 42.9 Å². The van der Waals surface area contributed by atoms with Crippen LogP contribution in [0.25, 0.3) is 10.9 Å². The van der Waals surface area contributed by atoms with E-state index in [4.69, 9.17) is 0 Å². The van der Waals surface area contributed by atoms with Crippen LogP contribution in [0.5, 0.6) is 5.75 Å². The summed E-state index contributed by atoms with van der Waals surface area (Å²) >= 11 is 0. The molecule has 4 rings (SSSR count). The van der Waals surface area contributed by atoms with Crippen LogP contribution in [0.15, 0.2) is 35.3 Å². The molecule has 12 nitrogen and oxygen atoms in total. The molecule has 2 aromatic carbocycles. The molecule has 3 aromatic rings. The average molecular weight is 601 g/mol. The lowest BCUT2D eigenvalue weighted by molar-refractivity contribution is -0.135. The van der Waals surface area contributed by atoms with Crippen molar-refractivity contribution in [2.24, 2.45) is 0 Å². The summed E-state index contributed by atoms with van der Waals surface area (Å²) in [5.74, 6) is -5.49. The molecule has 2 heterocycles. The zero-order chi connectivity index (χ0) is 31.6. The van der Waals surface area contributed by atoms with E-state index in [1.807, 2.05) is 0 Å². The number of aromatic nitrogens is 1. The number of hydrogen-bond donors (Lipinski definition) is 3. The van der Waals surface area contributed by atoms with Gasteiger partial charge >= 0.3 is 11.9 Å². The van der Waals surface area contributed by atoms with E-state index in [0.717, 1.165) is 12.3 Å². The highest BCUT2D eigenvalue weighted by Gasteiger charge is 2.32. The molecule has 0 spiro atoms. The molecule has 43 heavy (non-hydrogen) atoms. The van der Waals surface area contributed by atoms with E-state index >= 15 is 8.78 Å². The standard InChI is InChI=1S/C29H30F2N4O8/c1-4-33-14-19(28(40)41)27(39)18-12-20(30)26(24(31)25(18)33)34-9-10-35(15(2)13-34)23(38)8-7-22(37)32-16-5-6-17(21(36)11-16)29(42)43-3/h5-6,11-12,14-15,36H,4,7-10,13H2,1-3H3,(H,32,37)(H,40,41). The maximum absolute atomic E-state index is 15.8. The molecule has 3 N–H and O–H groups in total. The van der Waals surface area contributed by atoms with Gasteiger partial charge in [-0.15, -0.1) is 0 Å². The Balaban J connectivity index is 1.43. The number of rotatable bonds is 8. The van der Waals surface area contributed by atoms with Crippen LogP contribution in [-0.2, 0) is 20.9 Å². The Morgan fingerprint density at radius 2 is 1.81 bits per heavy atom. The minimum Gasteiger partial charge on any atom is -0.507 e. The van der Waals surface area contributed by atoms with Crippen LogP contribution in [0.4, 0.5) is 20.2 Å². The Hall–Kier alpha value is -5.01. The molecule has 1 unspecified atom stereocenters. The number of phenols is 1. The molecule has 228 valence electrons. The number of aryl methyl sites for hydroxylation is 1. The highest BCUT2D eigenvalue weighted by atomic mass is 19.1. The van der Waals surface area contributed by atoms with E-state index < -0.39 is 46.5 Å². The second-order valence-corrected chi connectivity index (χ2v) is 10.0. The summed E-state index contributed by atoms with van der Waals surface area (Å²) in [7, 11) is 1.17. The van der Waals surface area contributed by atoms with Crippen LogP contribution in [0, 0.1) is 11.6 Å².